The molecule has 2 fully saturated rings. The minimum atomic E-state index is 0. The van der Waals surface area contributed by atoms with Crippen molar-refractivity contribution >= 4 is 35.8 Å². The van der Waals surface area contributed by atoms with Gasteiger partial charge in [0.15, 0.2) is 5.96 Å². The van der Waals surface area contributed by atoms with Crippen molar-refractivity contribution in [3.05, 3.63) is 23.9 Å². The third kappa shape index (κ3) is 6.98. The second kappa shape index (κ2) is 11.9. The second-order valence-electron chi connectivity index (χ2n) is 8.70. The number of anilines is 1. The molecule has 0 aromatic carbocycles. The molecule has 0 unspecified atom stereocenters. The van der Waals surface area contributed by atoms with Crippen molar-refractivity contribution in [2.45, 2.75) is 52.1 Å². The molecule has 29 heavy (non-hydrogen) atoms. The number of aliphatic imine (C=N–C) groups is 1. The van der Waals surface area contributed by atoms with Crippen molar-refractivity contribution < 1.29 is 0 Å². The smallest absolute Gasteiger partial charge is 0.191 e. The average molecular weight is 515 g/mol. The van der Waals surface area contributed by atoms with E-state index in [2.05, 4.69) is 57.4 Å². The number of hydrogen-bond donors (Lipinski definition) is 2. The number of nitrogens with one attached hydrogen (secondary N) is 2. The van der Waals surface area contributed by atoms with Gasteiger partial charge in [-0.1, -0.05) is 19.9 Å². The molecule has 0 amide bonds. The molecule has 0 radical (unpaired) electrons. The number of likely N-dealkylation sites (N-methyl/N-ethyl adjacent to an activating group) is 1. The number of hydrogen-bond acceptors (Lipinski definition) is 4. The molecule has 3 rings (SSSR count). The Bertz CT molecular complexity index is 634. The minimum absolute atomic E-state index is 0. The van der Waals surface area contributed by atoms with Crippen molar-refractivity contribution in [3.8, 4) is 0 Å². The molecule has 2 heterocycles. The third-order valence-corrected chi connectivity index (χ3v) is 6.40. The maximum Gasteiger partial charge on any atom is 0.191 e. The zero-order chi connectivity index (χ0) is 19.9. The Balaban J connectivity index is 0.00000300. The van der Waals surface area contributed by atoms with Gasteiger partial charge in [-0.2, -0.15) is 0 Å². The van der Waals surface area contributed by atoms with Crippen LogP contribution in [0.3, 0.4) is 0 Å². The van der Waals surface area contributed by atoms with Gasteiger partial charge in [0.05, 0.1) is 0 Å². The fraction of sp³-hybridized carbons (Fsp3) is 0.727. The highest BCUT2D eigenvalue weighted by Gasteiger charge is 2.24. The van der Waals surface area contributed by atoms with Gasteiger partial charge >= 0.3 is 0 Å². The molecule has 1 saturated heterocycles. The van der Waals surface area contributed by atoms with Gasteiger partial charge in [-0.25, -0.2) is 4.98 Å². The predicted molar refractivity (Wildman–Crippen MR) is 133 cm³/mol. The summed E-state index contributed by atoms with van der Waals surface area (Å²) in [5, 5.41) is 7.16. The zero-order valence-electron chi connectivity index (χ0n) is 18.5. The first-order chi connectivity index (χ1) is 13.6. The quantitative estimate of drug-likeness (QED) is 0.359. The van der Waals surface area contributed by atoms with Gasteiger partial charge in [-0.3, -0.25) is 4.99 Å². The summed E-state index contributed by atoms with van der Waals surface area (Å²) in [5.74, 6) is 3.70. The molecule has 1 aliphatic heterocycles. The highest BCUT2D eigenvalue weighted by atomic mass is 127. The van der Waals surface area contributed by atoms with E-state index in [9.17, 15) is 0 Å². The van der Waals surface area contributed by atoms with Crippen molar-refractivity contribution in [3.63, 3.8) is 0 Å². The zero-order valence-corrected chi connectivity index (χ0v) is 20.9. The van der Waals surface area contributed by atoms with E-state index in [1.165, 1.54) is 31.2 Å². The van der Waals surface area contributed by atoms with E-state index in [-0.39, 0.29) is 24.0 Å². The number of nitrogens with zero attached hydrogens (tertiary/aromatic N) is 4. The summed E-state index contributed by atoms with van der Waals surface area (Å²) in [5.41, 5.74) is 1.23. The van der Waals surface area contributed by atoms with E-state index >= 15 is 0 Å². The number of piperazine rings is 1. The topological polar surface area (TPSA) is 55.8 Å². The van der Waals surface area contributed by atoms with Crippen LogP contribution in [0.4, 0.5) is 5.82 Å². The van der Waals surface area contributed by atoms with E-state index in [4.69, 9.17) is 0 Å². The van der Waals surface area contributed by atoms with Crippen LogP contribution in [-0.4, -0.2) is 62.2 Å². The molecule has 0 spiro atoms. The van der Waals surface area contributed by atoms with E-state index in [0.717, 1.165) is 56.3 Å². The monoisotopic (exact) mass is 514 g/mol. The van der Waals surface area contributed by atoms with Crippen LogP contribution in [0.1, 0.15) is 45.1 Å². The number of guanidine groups is 1. The summed E-state index contributed by atoms with van der Waals surface area (Å²) in [7, 11) is 4.04. The first kappa shape index (κ1) is 24.2. The summed E-state index contributed by atoms with van der Waals surface area (Å²) >= 11 is 0. The first-order valence-electron chi connectivity index (χ1n) is 10.9. The molecule has 1 aliphatic carbocycles. The summed E-state index contributed by atoms with van der Waals surface area (Å²) in [6.07, 6.45) is 7.02. The fourth-order valence-corrected chi connectivity index (χ4v) is 4.37. The lowest BCUT2D eigenvalue weighted by atomic mass is 9.80. The lowest BCUT2D eigenvalue weighted by molar-refractivity contribution is 0.250. The van der Waals surface area contributed by atoms with Crippen molar-refractivity contribution in [1.29, 1.82) is 0 Å². The molecular weight excluding hydrogens is 475 g/mol. The lowest BCUT2D eigenvalue weighted by Crippen LogP contribution is -2.46. The van der Waals surface area contributed by atoms with Gasteiger partial charge in [0.2, 0.25) is 0 Å². The van der Waals surface area contributed by atoms with Gasteiger partial charge in [0, 0.05) is 57.6 Å². The Morgan fingerprint density at radius 1 is 1.17 bits per heavy atom. The van der Waals surface area contributed by atoms with Crippen LogP contribution < -0.4 is 15.5 Å². The predicted octanol–water partition coefficient (Wildman–Crippen LogP) is 3.33. The molecule has 0 bridgehead atoms. The van der Waals surface area contributed by atoms with Gasteiger partial charge in [0.1, 0.15) is 5.82 Å². The summed E-state index contributed by atoms with van der Waals surface area (Å²) in [6, 6.07) is 4.74. The molecule has 2 aliphatic rings. The van der Waals surface area contributed by atoms with Gasteiger partial charge in [-0.15, -0.1) is 24.0 Å². The molecule has 1 aromatic rings. The number of rotatable bonds is 5. The van der Waals surface area contributed by atoms with Crippen LogP contribution >= 0.6 is 24.0 Å². The fourth-order valence-electron chi connectivity index (χ4n) is 4.37. The van der Waals surface area contributed by atoms with Crippen molar-refractivity contribution in [1.82, 2.24) is 20.5 Å². The van der Waals surface area contributed by atoms with Crippen LogP contribution in [0, 0.1) is 11.8 Å². The molecular formula is C22H39IN6. The van der Waals surface area contributed by atoms with Gasteiger partial charge < -0.3 is 20.4 Å². The van der Waals surface area contributed by atoms with Crippen LogP contribution in [0.2, 0.25) is 0 Å². The Morgan fingerprint density at radius 2 is 1.86 bits per heavy atom. The van der Waals surface area contributed by atoms with E-state index in [0.29, 0.717) is 6.04 Å². The molecule has 1 saturated carbocycles. The molecule has 0 atom stereocenters. The Kier molecular flexibility index (Phi) is 9.95. The Labute approximate surface area is 194 Å². The Hall–Kier alpha value is -1.09. The van der Waals surface area contributed by atoms with Crippen LogP contribution in [0.25, 0.3) is 0 Å². The molecule has 7 heteroatoms. The van der Waals surface area contributed by atoms with Crippen molar-refractivity contribution in [2.75, 3.05) is 45.2 Å². The second-order valence-corrected chi connectivity index (χ2v) is 8.70. The SMILES string of the molecule is CN=C(NCc1cccnc1N1CCN(C)CC1)NC1CCC(C(C)C)CC1.I. The summed E-state index contributed by atoms with van der Waals surface area (Å²) in [4.78, 5) is 13.9. The average Bonchev–Trinajstić information content (AvgIpc) is 2.72. The standard InChI is InChI=1S/C22H38N6.HI/c1-17(2)18-7-9-20(10-8-18)26-22(23-3)25-16-19-6-5-11-24-21(19)28-14-12-27(4)13-15-28;/h5-6,11,17-18,20H,7-10,12-16H2,1-4H3,(H2,23,25,26);1H. The third-order valence-electron chi connectivity index (χ3n) is 6.40. The number of halogens is 1. The van der Waals surface area contributed by atoms with E-state index < -0.39 is 0 Å². The van der Waals surface area contributed by atoms with Crippen LogP contribution in [0.5, 0.6) is 0 Å². The van der Waals surface area contributed by atoms with E-state index in [1.54, 1.807) is 0 Å². The van der Waals surface area contributed by atoms with Crippen LogP contribution in [-0.2, 0) is 6.54 Å². The number of aromatic nitrogens is 1. The van der Waals surface area contributed by atoms with Crippen molar-refractivity contribution in [2.24, 2.45) is 16.8 Å². The molecule has 2 N–H and O–H groups in total. The summed E-state index contributed by atoms with van der Waals surface area (Å²) < 4.78 is 0. The highest BCUT2D eigenvalue weighted by Crippen LogP contribution is 2.29. The maximum absolute atomic E-state index is 4.68. The van der Waals surface area contributed by atoms with Crippen LogP contribution in [0.15, 0.2) is 23.3 Å². The Morgan fingerprint density at radius 3 is 2.48 bits per heavy atom. The molecule has 6 nitrogen and oxygen atoms in total. The lowest BCUT2D eigenvalue weighted by Gasteiger charge is -2.34. The maximum atomic E-state index is 4.68. The van der Waals surface area contributed by atoms with Gasteiger partial charge in [-0.05, 0) is 50.6 Å². The molecule has 1 aromatic heterocycles. The normalized spacial score (nSPS) is 23.6. The first-order valence-corrected chi connectivity index (χ1v) is 10.9. The van der Waals surface area contributed by atoms with E-state index in [1.807, 2.05) is 19.3 Å². The highest BCUT2D eigenvalue weighted by molar-refractivity contribution is 14.0. The number of pyridine rings is 1. The summed E-state index contributed by atoms with van der Waals surface area (Å²) in [6.45, 7) is 9.70. The van der Waals surface area contributed by atoms with Gasteiger partial charge in [0.25, 0.3) is 0 Å². The largest absolute Gasteiger partial charge is 0.354 e. The molecule has 164 valence electrons. The minimum Gasteiger partial charge on any atom is -0.354 e.